The van der Waals surface area contributed by atoms with Gasteiger partial charge in [0.25, 0.3) is 0 Å². The molecule has 0 aliphatic heterocycles. The lowest BCUT2D eigenvalue weighted by Crippen LogP contribution is -2.30. The lowest BCUT2D eigenvalue weighted by Gasteiger charge is -2.40. The number of thiol groups is 1. The Hall–Kier alpha value is 0.350. The number of rotatable bonds is 4. The summed E-state index contributed by atoms with van der Waals surface area (Å²) in [6, 6.07) is 0. The molecule has 3 unspecified atom stereocenters. The maximum atomic E-state index is 4.79. The SMILES string of the molecule is CCC(C)(S)CC(C)C1CCCC(C)(C)C1. The van der Waals surface area contributed by atoms with E-state index < -0.39 is 0 Å². The van der Waals surface area contributed by atoms with E-state index in [2.05, 4.69) is 34.6 Å². The van der Waals surface area contributed by atoms with Crippen molar-refractivity contribution in [1.82, 2.24) is 0 Å². The highest BCUT2D eigenvalue weighted by Crippen LogP contribution is 2.44. The van der Waals surface area contributed by atoms with Crippen molar-refractivity contribution in [1.29, 1.82) is 0 Å². The quantitative estimate of drug-likeness (QED) is 0.633. The molecule has 0 spiro atoms. The van der Waals surface area contributed by atoms with Gasteiger partial charge in [-0.05, 0) is 42.9 Å². The zero-order valence-electron chi connectivity index (χ0n) is 11.8. The van der Waals surface area contributed by atoms with Crippen molar-refractivity contribution in [2.75, 3.05) is 0 Å². The van der Waals surface area contributed by atoms with Crippen molar-refractivity contribution >= 4 is 12.6 Å². The predicted molar refractivity (Wildman–Crippen MR) is 77.2 cm³/mol. The molecule has 0 aromatic carbocycles. The second kappa shape index (κ2) is 5.33. The molecule has 0 bridgehead atoms. The first kappa shape index (κ1) is 14.4. The van der Waals surface area contributed by atoms with E-state index in [0.29, 0.717) is 5.41 Å². The summed E-state index contributed by atoms with van der Waals surface area (Å²) in [5.41, 5.74) is 0.580. The first-order valence-electron chi connectivity index (χ1n) is 6.98. The molecule has 16 heavy (non-hydrogen) atoms. The minimum atomic E-state index is 0.237. The Morgan fingerprint density at radius 1 is 1.44 bits per heavy atom. The van der Waals surface area contributed by atoms with Gasteiger partial charge in [-0.1, -0.05) is 47.5 Å². The topological polar surface area (TPSA) is 0 Å². The minimum Gasteiger partial charge on any atom is -0.173 e. The molecule has 1 fully saturated rings. The van der Waals surface area contributed by atoms with E-state index in [1.165, 1.54) is 38.5 Å². The summed E-state index contributed by atoms with van der Waals surface area (Å²) >= 11 is 4.79. The van der Waals surface area contributed by atoms with E-state index in [4.69, 9.17) is 12.6 Å². The summed E-state index contributed by atoms with van der Waals surface area (Å²) < 4.78 is 0.237. The van der Waals surface area contributed by atoms with E-state index in [1.807, 2.05) is 0 Å². The van der Waals surface area contributed by atoms with Crippen LogP contribution in [0.2, 0.25) is 0 Å². The molecule has 0 saturated heterocycles. The number of hydrogen-bond donors (Lipinski definition) is 1. The van der Waals surface area contributed by atoms with Crippen molar-refractivity contribution < 1.29 is 0 Å². The molecule has 3 atom stereocenters. The average molecular weight is 242 g/mol. The van der Waals surface area contributed by atoms with Gasteiger partial charge in [0.05, 0.1) is 0 Å². The first-order chi connectivity index (χ1) is 7.26. The Morgan fingerprint density at radius 3 is 2.56 bits per heavy atom. The highest BCUT2D eigenvalue weighted by molar-refractivity contribution is 7.81. The Balaban J connectivity index is 2.51. The Morgan fingerprint density at radius 2 is 2.06 bits per heavy atom. The maximum Gasteiger partial charge on any atom is 0.0101 e. The fourth-order valence-corrected chi connectivity index (χ4v) is 3.54. The molecule has 0 radical (unpaired) electrons. The smallest absolute Gasteiger partial charge is 0.0101 e. The standard InChI is InChI=1S/C15H30S/c1-6-15(5,16)10-12(2)13-8-7-9-14(3,4)11-13/h12-13,16H,6-11H2,1-5H3. The third kappa shape index (κ3) is 4.31. The van der Waals surface area contributed by atoms with Gasteiger partial charge in [0, 0.05) is 4.75 Å². The molecule has 96 valence electrons. The van der Waals surface area contributed by atoms with E-state index in [0.717, 1.165) is 11.8 Å². The highest BCUT2D eigenvalue weighted by Gasteiger charge is 2.33. The molecule has 0 nitrogen and oxygen atoms in total. The Kier molecular flexibility index (Phi) is 4.80. The van der Waals surface area contributed by atoms with Crippen molar-refractivity contribution in [2.45, 2.75) is 77.9 Å². The van der Waals surface area contributed by atoms with Crippen molar-refractivity contribution in [3.05, 3.63) is 0 Å². The summed E-state index contributed by atoms with van der Waals surface area (Å²) in [7, 11) is 0. The molecule has 1 saturated carbocycles. The van der Waals surface area contributed by atoms with Crippen LogP contribution in [0.1, 0.15) is 73.1 Å². The molecule has 0 heterocycles. The van der Waals surface area contributed by atoms with Crippen LogP contribution < -0.4 is 0 Å². The molecule has 0 amide bonds. The van der Waals surface area contributed by atoms with Gasteiger partial charge < -0.3 is 0 Å². The van der Waals surface area contributed by atoms with Gasteiger partial charge in [-0.3, -0.25) is 0 Å². The third-order valence-corrected chi connectivity index (χ3v) is 5.07. The van der Waals surface area contributed by atoms with Crippen molar-refractivity contribution in [3.63, 3.8) is 0 Å². The second-order valence-electron chi connectivity index (χ2n) is 7.05. The van der Waals surface area contributed by atoms with Gasteiger partial charge in [-0.25, -0.2) is 0 Å². The van der Waals surface area contributed by atoms with Crippen molar-refractivity contribution in [3.8, 4) is 0 Å². The maximum absolute atomic E-state index is 4.79. The minimum absolute atomic E-state index is 0.237. The van der Waals surface area contributed by atoms with Gasteiger partial charge in [0.1, 0.15) is 0 Å². The van der Waals surface area contributed by atoms with Gasteiger partial charge in [0.2, 0.25) is 0 Å². The van der Waals surface area contributed by atoms with E-state index in [1.54, 1.807) is 0 Å². The van der Waals surface area contributed by atoms with Crippen LogP contribution in [0.3, 0.4) is 0 Å². The van der Waals surface area contributed by atoms with Gasteiger partial charge in [-0.2, -0.15) is 12.6 Å². The predicted octanol–water partition coefficient (Wildman–Crippen LogP) is 5.33. The van der Waals surface area contributed by atoms with Crippen LogP contribution in [0.4, 0.5) is 0 Å². The van der Waals surface area contributed by atoms with Crippen LogP contribution in [-0.2, 0) is 0 Å². The van der Waals surface area contributed by atoms with Crippen LogP contribution in [0.5, 0.6) is 0 Å². The monoisotopic (exact) mass is 242 g/mol. The lowest BCUT2D eigenvalue weighted by molar-refractivity contribution is 0.131. The summed E-state index contributed by atoms with van der Waals surface area (Å²) in [6.07, 6.45) is 8.16. The van der Waals surface area contributed by atoms with Crippen LogP contribution >= 0.6 is 12.6 Å². The third-order valence-electron chi connectivity index (χ3n) is 4.57. The van der Waals surface area contributed by atoms with Gasteiger partial charge in [0.15, 0.2) is 0 Å². The summed E-state index contributed by atoms with van der Waals surface area (Å²) in [6.45, 7) is 11.9. The van der Waals surface area contributed by atoms with E-state index >= 15 is 0 Å². The van der Waals surface area contributed by atoms with Crippen molar-refractivity contribution in [2.24, 2.45) is 17.3 Å². The normalized spacial score (nSPS) is 30.8. The molecule has 1 aliphatic rings. The highest BCUT2D eigenvalue weighted by atomic mass is 32.1. The van der Waals surface area contributed by atoms with Gasteiger partial charge >= 0.3 is 0 Å². The molecular weight excluding hydrogens is 212 g/mol. The zero-order chi connectivity index (χ0) is 12.4. The zero-order valence-corrected chi connectivity index (χ0v) is 12.7. The van der Waals surface area contributed by atoms with E-state index in [-0.39, 0.29) is 4.75 Å². The molecular formula is C15H30S. The van der Waals surface area contributed by atoms with Crippen LogP contribution in [0.15, 0.2) is 0 Å². The van der Waals surface area contributed by atoms with Crippen LogP contribution in [-0.4, -0.2) is 4.75 Å². The summed E-state index contributed by atoms with van der Waals surface area (Å²) in [5, 5.41) is 0. The summed E-state index contributed by atoms with van der Waals surface area (Å²) in [4.78, 5) is 0. The fourth-order valence-electron chi connectivity index (χ4n) is 3.25. The largest absolute Gasteiger partial charge is 0.173 e. The molecule has 1 heteroatoms. The Labute approximate surface area is 108 Å². The fraction of sp³-hybridized carbons (Fsp3) is 1.00. The van der Waals surface area contributed by atoms with Crippen LogP contribution in [0, 0.1) is 17.3 Å². The molecule has 1 rings (SSSR count). The molecule has 1 aliphatic carbocycles. The van der Waals surface area contributed by atoms with E-state index in [9.17, 15) is 0 Å². The first-order valence-corrected chi connectivity index (χ1v) is 7.43. The molecule has 0 N–H and O–H groups in total. The molecule has 0 aromatic heterocycles. The second-order valence-corrected chi connectivity index (χ2v) is 8.13. The number of hydrogen-bond acceptors (Lipinski definition) is 1. The van der Waals surface area contributed by atoms with Gasteiger partial charge in [-0.15, -0.1) is 0 Å². The van der Waals surface area contributed by atoms with Crippen LogP contribution in [0.25, 0.3) is 0 Å². The summed E-state index contributed by atoms with van der Waals surface area (Å²) in [5.74, 6) is 1.77. The Bertz CT molecular complexity index is 217. The molecule has 0 aromatic rings. The average Bonchev–Trinajstić information content (AvgIpc) is 2.15. The lowest BCUT2D eigenvalue weighted by atomic mass is 9.67.